The van der Waals surface area contributed by atoms with E-state index in [2.05, 4.69) is 59.6 Å². The van der Waals surface area contributed by atoms with Gasteiger partial charge in [-0.2, -0.15) is 10.4 Å². The Bertz CT molecular complexity index is 1410. The van der Waals surface area contributed by atoms with Gasteiger partial charge in [0.1, 0.15) is 11.6 Å². The van der Waals surface area contributed by atoms with Crippen LogP contribution >= 0.6 is 0 Å². The number of pyridine rings is 1. The highest BCUT2D eigenvalue weighted by molar-refractivity contribution is 5.61. The molecule has 0 aliphatic carbocycles. The van der Waals surface area contributed by atoms with Crippen LogP contribution in [0.2, 0.25) is 0 Å². The van der Waals surface area contributed by atoms with Gasteiger partial charge in [-0.3, -0.25) is 10.00 Å². The monoisotopic (exact) mass is 477 g/mol. The lowest BCUT2D eigenvalue weighted by Crippen LogP contribution is -2.68. The van der Waals surface area contributed by atoms with Crippen molar-refractivity contribution < 1.29 is 0 Å². The number of rotatable bonds is 6. The summed E-state index contributed by atoms with van der Waals surface area (Å²) < 4.78 is 0. The second kappa shape index (κ2) is 9.06. The van der Waals surface area contributed by atoms with E-state index in [4.69, 9.17) is 10.2 Å². The first-order valence-electron chi connectivity index (χ1n) is 12.1. The van der Waals surface area contributed by atoms with Gasteiger partial charge in [-0.1, -0.05) is 12.1 Å². The molecule has 2 atom stereocenters. The lowest BCUT2D eigenvalue weighted by molar-refractivity contribution is -0.00868. The third kappa shape index (κ3) is 4.39. The molecule has 3 aromatic heterocycles. The summed E-state index contributed by atoms with van der Waals surface area (Å²) in [6, 6.07) is 19.1. The maximum atomic E-state index is 9.01. The number of aryl methyl sites for hydroxylation is 2. The van der Waals surface area contributed by atoms with Crippen LogP contribution in [-0.4, -0.2) is 55.2 Å². The maximum Gasteiger partial charge on any atom is 0.163 e. The smallest absolute Gasteiger partial charge is 0.163 e. The Balaban J connectivity index is 1.12. The molecule has 2 bridgehead atoms. The SMILES string of the molecule is Cc1cc(Nc2cc(C)[nH]n2)nc(-c2ccc(N3CC4CC(C3)N4Cc3ccc(C#N)cc3)nc2)n1. The Morgan fingerprint density at radius 2 is 1.83 bits per heavy atom. The summed E-state index contributed by atoms with van der Waals surface area (Å²) in [4.78, 5) is 19.0. The fraction of sp³-hybridized carbons (Fsp3) is 0.296. The number of nitrogens with one attached hydrogen (secondary N) is 2. The summed E-state index contributed by atoms with van der Waals surface area (Å²) in [5, 5.41) is 19.4. The number of piperidine rings is 1. The quantitative estimate of drug-likeness (QED) is 0.430. The highest BCUT2D eigenvalue weighted by Gasteiger charge is 2.44. The summed E-state index contributed by atoms with van der Waals surface area (Å²) in [5.74, 6) is 3.05. The van der Waals surface area contributed by atoms with Crippen LogP contribution < -0.4 is 10.2 Å². The lowest BCUT2D eigenvalue weighted by atomic mass is 9.86. The molecule has 2 N–H and O–H groups in total. The Kier molecular flexibility index (Phi) is 5.58. The van der Waals surface area contributed by atoms with Crippen molar-refractivity contribution in [3.63, 3.8) is 0 Å². The minimum absolute atomic E-state index is 0.528. The molecule has 3 aliphatic rings. The topological polar surface area (TPSA) is 110 Å². The van der Waals surface area contributed by atoms with Crippen molar-refractivity contribution in [3.05, 3.63) is 77.2 Å². The largest absolute Gasteiger partial charge is 0.353 e. The van der Waals surface area contributed by atoms with Crippen molar-refractivity contribution in [2.45, 2.75) is 38.9 Å². The van der Waals surface area contributed by atoms with E-state index in [1.807, 2.05) is 50.4 Å². The molecule has 0 radical (unpaired) electrons. The van der Waals surface area contributed by atoms with Crippen LogP contribution in [0.25, 0.3) is 11.4 Å². The molecule has 0 saturated carbocycles. The van der Waals surface area contributed by atoms with Gasteiger partial charge >= 0.3 is 0 Å². The van der Waals surface area contributed by atoms with E-state index in [1.165, 1.54) is 12.0 Å². The number of nitrogens with zero attached hydrogens (tertiary/aromatic N) is 7. The van der Waals surface area contributed by atoms with Crippen LogP contribution in [0.3, 0.4) is 0 Å². The van der Waals surface area contributed by atoms with E-state index in [-0.39, 0.29) is 0 Å². The summed E-state index contributed by atoms with van der Waals surface area (Å²) in [6.07, 6.45) is 3.09. The number of piperazine rings is 1. The summed E-state index contributed by atoms with van der Waals surface area (Å²) in [6.45, 7) is 6.78. The van der Waals surface area contributed by atoms with Crippen molar-refractivity contribution in [1.29, 1.82) is 5.26 Å². The average Bonchev–Trinajstić information content (AvgIpc) is 3.31. The van der Waals surface area contributed by atoms with Gasteiger partial charge in [0.2, 0.25) is 0 Å². The molecule has 2 unspecified atom stereocenters. The first kappa shape index (κ1) is 22.2. The maximum absolute atomic E-state index is 9.01. The number of hydrogen-bond donors (Lipinski definition) is 2. The molecule has 1 aromatic carbocycles. The van der Waals surface area contributed by atoms with E-state index in [0.717, 1.165) is 48.2 Å². The van der Waals surface area contributed by atoms with Crippen molar-refractivity contribution in [3.8, 4) is 17.5 Å². The molecule has 36 heavy (non-hydrogen) atoms. The fourth-order valence-corrected chi connectivity index (χ4v) is 5.11. The van der Waals surface area contributed by atoms with Gasteiger partial charge in [-0.05, 0) is 50.1 Å². The van der Waals surface area contributed by atoms with E-state index in [1.54, 1.807) is 0 Å². The number of H-pyrrole nitrogens is 1. The van der Waals surface area contributed by atoms with E-state index >= 15 is 0 Å². The summed E-state index contributed by atoms with van der Waals surface area (Å²) in [7, 11) is 0. The molecule has 9 heteroatoms. The number of hydrogen-bond acceptors (Lipinski definition) is 8. The zero-order valence-corrected chi connectivity index (χ0v) is 20.3. The number of anilines is 3. The second-order valence-electron chi connectivity index (χ2n) is 9.61. The molecule has 3 aliphatic heterocycles. The first-order valence-corrected chi connectivity index (χ1v) is 12.1. The third-order valence-corrected chi connectivity index (χ3v) is 6.94. The van der Waals surface area contributed by atoms with Crippen LogP contribution in [0.1, 0.15) is 28.9 Å². The van der Waals surface area contributed by atoms with Gasteiger partial charge in [-0.25, -0.2) is 15.0 Å². The van der Waals surface area contributed by atoms with Gasteiger partial charge in [-0.15, -0.1) is 0 Å². The highest BCUT2D eigenvalue weighted by Crippen LogP contribution is 2.35. The molecule has 3 fully saturated rings. The van der Waals surface area contributed by atoms with Crippen LogP contribution in [0.5, 0.6) is 0 Å². The Morgan fingerprint density at radius 1 is 1.03 bits per heavy atom. The van der Waals surface area contributed by atoms with E-state index in [9.17, 15) is 0 Å². The number of aromatic amines is 1. The predicted octanol–water partition coefficient (Wildman–Crippen LogP) is 3.96. The number of fused-ring (bicyclic) bond motifs is 2. The van der Waals surface area contributed by atoms with Crippen LogP contribution in [0, 0.1) is 25.2 Å². The molecule has 3 saturated heterocycles. The van der Waals surface area contributed by atoms with Gasteiger partial charge in [0.15, 0.2) is 11.6 Å². The van der Waals surface area contributed by atoms with Crippen molar-refractivity contribution in [2.24, 2.45) is 0 Å². The minimum atomic E-state index is 0.528. The van der Waals surface area contributed by atoms with Gasteiger partial charge < -0.3 is 10.2 Å². The molecular formula is C27H27N9. The zero-order valence-electron chi connectivity index (χ0n) is 20.3. The van der Waals surface area contributed by atoms with E-state index in [0.29, 0.717) is 29.3 Å². The number of aromatic nitrogens is 5. The molecule has 180 valence electrons. The highest BCUT2D eigenvalue weighted by atomic mass is 15.4. The first-order chi connectivity index (χ1) is 17.5. The van der Waals surface area contributed by atoms with Gasteiger partial charge in [0.05, 0.1) is 11.6 Å². The molecule has 0 amide bonds. The fourth-order valence-electron chi connectivity index (χ4n) is 5.11. The van der Waals surface area contributed by atoms with E-state index < -0.39 is 0 Å². The summed E-state index contributed by atoms with van der Waals surface area (Å²) in [5.41, 5.74) is 4.70. The van der Waals surface area contributed by atoms with Crippen LogP contribution in [0.15, 0.2) is 54.7 Å². The average molecular weight is 478 g/mol. The molecule has 6 heterocycles. The molecular weight excluding hydrogens is 450 g/mol. The third-order valence-electron chi connectivity index (χ3n) is 6.94. The van der Waals surface area contributed by atoms with Crippen molar-refractivity contribution in [1.82, 2.24) is 30.0 Å². The Hall–Kier alpha value is -4.29. The predicted molar refractivity (Wildman–Crippen MR) is 138 cm³/mol. The Morgan fingerprint density at radius 3 is 2.50 bits per heavy atom. The van der Waals surface area contributed by atoms with Crippen molar-refractivity contribution in [2.75, 3.05) is 23.3 Å². The molecule has 7 rings (SSSR count). The van der Waals surface area contributed by atoms with Crippen molar-refractivity contribution >= 4 is 17.5 Å². The van der Waals surface area contributed by atoms with Crippen LogP contribution in [-0.2, 0) is 6.54 Å². The minimum Gasteiger partial charge on any atom is -0.353 e. The number of benzene rings is 1. The van der Waals surface area contributed by atoms with Gasteiger partial charge in [0.25, 0.3) is 0 Å². The molecule has 4 aromatic rings. The standard InChI is InChI=1S/C27H27N9/c1-17-9-24(31-25-10-18(2)33-34-25)32-27(30-17)21-7-8-26(29-13-21)35-15-22-11-23(16-35)36(22)14-20-5-3-19(12-28)4-6-20/h3-10,13,22-23H,11,14-16H2,1-2H3,(H2,30,31,32,33,34). The summed E-state index contributed by atoms with van der Waals surface area (Å²) >= 11 is 0. The lowest BCUT2D eigenvalue weighted by Gasteiger charge is -2.56. The van der Waals surface area contributed by atoms with Gasteiger partial charge in [0, 0.05) is 67.0 Å². The van der Waals surface area contributed by atoms with Crippen LogP contribution in [0.4, 0.5) is 17.5 Å². The number of nitriles is 1. The second-order valence-corrected chi connectivity index (χ2v) is 9.61. The molecule has 0 spiro atoms. The normalized spacial score (nSPS) is 19.0. The zero-order chi connectivity index (χ0) is 24.6. The molecule has 9 nitrogen and oxygen atoms in total. The Labute approximate surface area is 209 Å².